The summed E-state index contributed by atoms with van der Waals surface area (Å²) in [4.78, 5) is 34.5. The van der Waals surface area contributed by atoms with Gasteiger partial charge in [-0.1, -0.05) is 12.1 Å². The van der Waals surface area contributed by atoms with E-state index in [0.29, 0.717) is 21.8 Å². The molecule has 0 radical (unpaired) electrons. The minimum Gasteiger partial charge on any atom is -0.448 e. The molecule has 0 fully saturated rings. The molecule has 4 aromatic heterocycles. The minimum atomic E-state index is -0.296. The standard InChI is InChI=1S/C18H12N4O3S/c1-10-8-26-18-20-11(6-14(23)22(10)18)7-21-9-19-15-12-4-2-3-5-13(12)25-16(15)17(21)24/h2-6,8-9H,7H2,1H3. The number of thiazole rings is 1. The third kappa shape index (κ3) is 2.12. The summed E-state index contributed by atoms with van der Waals surface area (Å²) in [7, 11) is 0. The van der Waals surface area contributed by atoms with E-state index >= 15 is 0 Å². The van der Waals surface area contributed by atoms with Gasteiger partial charge in [-0.25, -0.2) is 9.97 Å². The predicted molar refractivity (Wildman–Crippen MR) is 99.0 cm³/mol. The third-order valence-electron chi connectivity index (χ3n) is 4.31. The van der Waals surface area contributed by atoms with Crippen LogP contribution in [-0.2, 0) is 6.54 Å². The monoisotopic (exact) mass is 364 g/mol. The number of aromatic nitrogens is 4. The Morgan fingerprint density at radius 1 is 1.23 bits per heavy atom. The first kappa shape index (κ1) is 15.0. The van der Waals surface area contributed by atoms with Crippen molar-refractivity contribution in [2.45, 2.75) is 13.5 Å². The zero-order valence-corrected chi connectivity index (χ0v) is 14.5. The van der Waals surface area contributed by atoms with Crippen LogP contribution in [0.4, 0.5) is 0 Å². The number of rotatable bonds is 2. The predicted octanol–water partition coefficient (Wildman–Crippen LogP) is 2.57. The lowest BCUT2D eigenvalue weighted by atomic mass is 10.2. The Bertz CT molecular complexity index is 1420. The number of hydrogen-bond donors (Lipinski definition) is 0. The summed E-state index contributed by atoms with van der Waals surface area (Å²) >= 11 is 1.39. The molecule has 0 saturated carbocycles. The van der Waals surface area contributed by atoms with E-state index in [1.165, 1.54) is 28.3 Å². The zero-order chi connectivity index (χ0) is 17.8. The van der Waals surface area contributed by atoms with Crippen molar-refractivity contribution in [3.63, 3.8) is 0 Å². The van der Waals surface area contributed by atoms with Crippen LogP contribution >= 0.6 is 11.3 Å². The van der Waals surface area contributed by atoms with Gasteiger partial charge in [0.2, 0.25) is 5.58 Å². The summed E-state index contributed by atoms with van der Waals surface area (Å²) in [5.74, 6) is 0. The molecular weight excluding hydrogens is 352 g/mol. The van der Waals surface area contributed by atoms with Gasteiger partial charge in [-0.15, -0.1) is 11.3 Å². The molecule has 0 bridgehead atoms. The van der Waals surface area contributed by atoms with Crippen molar-refractivity contribution in [3.8, 4) is 0 Å². The first-order chi connectivity index (χ1) is 12.6. The van der Waals surface area contributed by atoms with Gasteiger partial charge >= 0.3 is 0 Å². The average Bonchev–Trinajstić information content (AvgIpc) is 3.19. The molecule has 8 heteroatoms. The molecule has 26 heavy (non-hydrogen) atoms. The lowest BCUT2D eigenvalue weighted by Gasteiger charge is -2.04. The van der Waals surface area contributed by atoms with Gasteiger partial charge in [-0.2, -0.15) is 0 Å². The second-order valence-corrected chi connectivity index (χ2v) is 6.87. The van der Waals surface area contributed by atoms with Crippen molar-refractivity contribution in [2.24, 2.45) is 0 Å². The number of fused-ring (bicyclic) bond motifs is 4. The molecule has 0 amide bonds. The Kier molecular flexibility index (Phi) is 3.10. The maximum atomic E-state index is 12.8. The number of furan rings is 1. The van der Waals surface area contributed by atoms with E-state index in [1.54, 1.807) is 10.5 Å². The van der Waals surface area contributed by atoms with Crippen LogP contribution in [0, 0.1) is 6.92 Å². The molecule has 0 spiro atoms. The smallest absolute Gasteiger partial charge is 0.297 e. The fourth-order valence-corrected chi connectivity index (χ4v) is 3.98. The molecule has 0 aliphatic carbocycles. The number of benzene rings is 1. The normalized spacial score (nSPS) is 11.7. The van der Waals surface area contributed by atoms with E-state index in [0.717, 1.165) is 11.1 Å². The Labute approximate surface area is 149 Å². The highest BCUT2D eigenvalue weighted by Gasteiger charge is 2.14. The number of para-hydroxylation sites is 1. The van der Waals surface area contributed by atoms with Crippen LogP contribution in [0.1, 0.15) is 11.4 Å². The zero-order valence-electron chi connectivity index (χ0n) is 13.7. The average molecular weight is 364 g/mol. The topological polar surface area (TPSA) is 82.4 Å². The van der Waals surface area contributed by atoms with E-state index in [4.69, 9.17) is 4.42 Å². The Hall–Kier alpha value is -3.26. The molecule has 5 aromatic rings. The molecule has 0 aliphatic rings. The van der Waals surface area contributed by atoms with E-state index in [2.05, 4.69) is 9.97 Å². The van der Waals surface area contributed by atoms with E-state index in [1.807, 2.05) is 30.5 Å². The van der Waals surface area contributed by atoms with E-state index in [9.17, 15) is 9.59 Å². The molecule has 0 unspecified atom stereocenters. The summed E-state index contributed by atoms with van der Waals surface area (Å²) in [5, 5.41) is 2.68. The van der Waals surface area contributed by atoms with Crippen molar-refractivity contribution in [3.05, 3.63) is 74.1 Å². The van der Waals surface area contributed by atoms with Gasteiger partial charge in [0.1, 0.15) is 11.1 Å². The first-order valence-electron chi connectivity index (χ1n) is 7.95. The van der Waals surface area contributed by atoms with Crippen LogP contribution in [0.5, 0.6) is 0 Å². The largest absolute Gasteiger partial charge is 0.448 e. The fourth-order valence-electron chi connectivity index (χ4n) is 3.08. The van der Waals surface area contributed by atoms with Crippen LogP contribution in [0.2, 0.25) is 0 Å². The molecule has 0 aliphatic heterocycles. The van der Waals surface area contributed by atoms with Gasteiger partial charge in [-0.05, 0) is 19.1 Å². The molecule has 4 heterocycles. The molecule has 0 saturated heterocycles. The molecular formula is C18H12N4O3S. The van der Waals surface area contributed by atoms with Crippen LogP contribution in [-0.4, -0.2) is 18.9 Å². The van der Waals surface area contributed by atoms with Gasteiger partial charge < -0.3 is 4.42 Å². The Balaban J connectivity index is 1.66. The highest BCUT2D eigenvalue weighted by molar-refractivity contribution is 7.15. The van der Waals surface area contributed by atoms with Gasteiger partial charge in [0.15, 0.2) is 4.96 Å². The Morgan fingerprint density at radius 2 is 2.08 bits per heavy atom. The van der Waals surface area contributed by atoms with Crippen molar-refractivity contribution in [2.75, 3.05) is 0 Å². The van der Waals surface area contributed by atoms with Crippen molar-refractivity contribution >= 4 is 38.4 Å². The SMILES string of the molecule is Cc1csc2nc(Cn3cnc4c(oc5ccccc54)c3=O)cc(=O)n12. The quantitative estimate of drug-likeness (QED) is 0.481. The molecule has 7 nitrogen and oxygen atoms in total. The molecule has 5 rings (SSSR count). The lowest BCUT2D eigenvalue weighted by molar-refractivity contribution is 0.640. The summed E-state index contributed by atoms with van der Waals surface area (Å²) in [6, 6.07) is 8.84. The van der Waals surface area contributed by atoms with Crippen LogP contribution < -0.4 is 11.1 Å². The van der Waals surface area contributed by atoms with Crippen LogP contribution in [0.15, 0.2) is 56.0 Å². The Morgan fingerprint density at radius 3 is 2.96 bits per heavy atom. The van der Waals surface area contributed by atoms with Crippen molar-refractivity contribution in [1.29, 1.82) is 0 Å². The first-order valence-corrected chi connectivity index (χ1v) is 8.83. The summed E-state index contributed by atoms with van der Waals surface area (Å²) in [6.07, 6.45) is 1.47. The minimum absolute atomic E-state index is 0.154. The van der Waals surface area contributed by atoms with Crippen LogP contribution in [0.3, 0.4) is 0 Å². The van der Waals surface area contributed by atoms with Crippen molar-refractivity contribution < 1.29 is 4.42 Å². The maximum absolute atomic E-state index is 12.8. The summed E-state index contributed by atoms with van der Waals surface area (Å²) in [6.45, 7) is 2.01. The summed E-state index contributed by atoms with van der Waals surface area (Å²) < 4.78 is 8.64. The van der Waals surface area contributed by atoms with Gasteiger partial charge in [-0.3, -0.25) is 18.6 Å². The maximum Gasteiger partial charge on any atom is 0.297 e. The number of aryl methyl sites for hydroxylation is 1. The van der Waals surface area contributed by atoms with Crippen LogP contribution in [0.25, 0.3) is 27.0 Å². The highest BCUT2D eigenvalue weighted by Crippen LogP contribution is 2.24. The fraction of sp³-hybridized carbons (Fsp3) is 0.111. The summed E-state index contributed by atoms with van der Waals surface area (Å²) in [5.41, 5.74) is 2.27. The highest BCUT2D eigenvalue weighted by atomic mass is 32.1. The number of nitrogens with zero attached hydrogens (tertiary/aromatic N) is 4. The van der Waals surface area contributed by atoms with Gasteiger partial charge in [0.25, 0.3) is 11.1 Å². The molecule has 0 atom stereocenters. The van der Waals surface area contributed by atoms with E-state index in [-0.39, 0.29) is 23.2 Å². The second kappa shape index (κ2) is 5.37. The third-order valence-corrected chi connectivity index (χ3v) is 5.26. The van der Waals surface area contributed by atoms with Gasteiger partial charge in [0, 0.05) is 22.5 Å². The lowest BCUT2D eigenvalue weighted by Crippen LogP contribution is -2.23. The molecule has 128 valence electrons. The second-order valence-electron chi connectivity index (χ2n) is 6.03. The van der Waals surface area contributed by atoms with E-state index < -0.39 is 0 Å². The van der Waals surface area contributed by atoms with Gasteiger partial charge in [0.05, 0.1) is 18.6 Å². The number of hydrogen-bond acceptors (Lipinski definition) is 6. The van der Waals surface area contributed by atoms with Crippen molar-refractivity contribution in [1.82, 2.24) is 18.9 Å². The molecule has 1 aromatic carbocycles. The molecule has 0 N–H and O–H groups in total.